The highest BCUT2D eigenvalue weighted by molar-refractivity contribution is 5.80. The van der Waals surface area contributed by atoms with Crippen molar-refractivity contribution in [3.05, 3.63) is 30.3 Å². The lowest BCUT2D eigenvalue weighted by atomic mass is 10.2. The molecule has 0 bridgehead atoms. The van der Waals surface area contributed by atoms with E-state index in [1.165, 1.54) is 5.69 Å². The first-order valence-electron chi connectivity index (χ1n) is 6.81. The van der Waals surface area contributed by atoms with E-state index in [1.54, 1.807) is 0 Å². The van der Waals surface area contributed by atoms with Crippen LogP contribution in [0.1, 0.15) is 25.7 Å². The highest BCUT2D eigenvalue weighted by Gasteiger charge is 2.28. The molecule has 1 saturated carbocycles. The fourth-order valence-electron chi connectivity index (χ4n) is 1.99. The van der Waals surface area contributed by atoms with Gasteiger partial charge in [0.2, 0.25) is 5.91 Å². The van der Waals surface area contributed by atoms with Gasteiger partial charge in [0.15, 0.2) is 0 Å². The van der Waals surface area contributed by atoms with Gasteiger partial charge < -0.3 is 10.2 Å². The summed E-state index contributed by atoms with van der Waals surface area (Å²) in [5, 5.41) is 3.00. The van der Waals surface area contributed by atoms with Crippen LogP contribution in [0.15, 0.2) is 30.3 Å². The molecular formula is C15H22N2O. The van der Waals surface area contributed by atoms with Crippen molar-refractivity contribution in [1.82, 2.24) is 5.32 Å². The van der Waals surface area contributed by atoms with Gasteiger partial charge in [0.05, 0.1) is 0 Å². The van der Waals surface area contributed by atoms with E-state index >= 15 is 0 Å². The minimum Gasteiger partial charge on any atom is -0.375 e. The van der Waals surface area contributed by atoms with E-state index in [0.717, 1.165) is 38.8 Å². The Bertz CT molecular complexity index is 373. The number of amides is 1. The van der Waals surface area contributed by atoms with Gasteiger partial charge in [-0.25, -0.2) is 0 Å². The summed E-state index contributed by atoms with van der Waals surface area (Å²) in [6, 6.07) is 10.4. The lowest BCUT2D eigenvalue weighted by molar-refractivity contribution is -0.122. The molecule has 2 rings (SSSR count). The van der Waals surface area contributed by atoms with Crippen LogP contribution in [-0.4, -0.2) is 26.0 Å². The predicted octanol–water partition coefficient (Wildman–Crippen LogP) is 2.43. The fourth-order valence-corrected chi connectivity index (χ4v) is 1.99. The zero-order chi connectivity index (χ0) is 12.8. The number of nitrogens with zero attached hydrogens (tertiary/aromatic N) is 1. The minimum atomic E-state index is 0.256. The Kier molecular flexibility index (Phi) is 4.62. The molecule has 1 N–H and O–H groups in total. The Hall–Kier alpha value is -1.51. The summed E-state index contributed by atoms with van der Waals surface area (Å²) >= 11 is 0. The van der Waals surface area contributed by atoms with Crippen molar-refractivity contribution in [2.75, 3.05) is 25.0 Å². The van der Waals surface area contributed by atoms with Gasteiger partial charge in [-0.05, 0) is 37.8 Å². The van der Waals surface area contributed by atoms with Crippen LogP contribution in [0, 0.1) is 5.92 Å². The molecule has 98 valence electrons. The van der Waals surface area contributed by atoms with Crippen molar-refractivity contribution < 1.29 is 4.79 Å². The zero-order valence-electron chi connectivity index (χ0n) is 11.1. The molecule has 3 heteroatoms. The number of hydrogen-bond donors (Lipinski definition) is 1. The van der Waals surface area contributed by atoms with Crippen molar-refractivity contribution in [2.45, 2.75) is 25.7 Å². The van der Waals surface area contributed by atoms with E-state index in [4.69, 9.17) is 0 Å². The van der Waals surface area contributed by atoms with Crippen LogP contribution in [0.25, 0.3) is 0 Å². The predicted molar refractivity (Wildman–Crippen MR) is 74.7 cm³/mol. The van der Waals surface area contributed by atoms with Crippen molar-refractivity contribution in [3.63, 3.8) is 0 Å². The molecule has 18 heavy (non-hydrogen) atoms. The molecule has 0 aromatic heterocycles. The first kappa shape index (κ1) is 12.9. The van der Waals surface area contributed by atoms with Gasteiger partial charge in [-0.2, -0.15) is 0 Å². The Balaban J connectivity index is 1.56. The first-order chi connectivity index (χ1) is 8.77. The van der Waals surface area contributed by atoms with Crippen LogP contribution >= 0.6 is 0 Å². The molecule has 1 aliphatic rings. The molecule has 0 atom stereocenters. The quantitative estimate of drug-likeness (QED) is 0.749. The van der Waals surface area contributed by atoms with Crippen LogP contribution in [0.2, 0.25) is 0 Å². The summed E-state index contributed by atoms with van der Waals surface area (Å²) in [7, 11) is 2.11. The SMILES string of the molecule is CN(CCCCNC(=O)C1CC1)c1ccccc1. The van der Waals surface area contributed by atoms with E-state index in [2.05, 4.69) is 41.5 Å². The molecule has 0 aliphatic heterocycles. The number of anilines is 1. The van der Waals surface area contributed by atoms with E-state index in [-0.39, 0.29) is 5.91 Å². The third kappa shape index (κ3) is 4.06. The van der Waals surface area contributed by atoms with Crippen molar-refractivity contribution >= 4 is 11.6 Å². The molecule has 1 aromatic rings. The lowest BCUT2D eigenvalue weighted by Crippen LogP contribution is -2.26. The fraction of sp³-hybridized carbons (Fsp3) is 0.533. The van der Waals surface area contributed by atoms with E-state index in [9.17, 15) is 4.79 Å². The first-order valence-corrected chi connectivity index (χ1v) is 6.81. The molecule has 0 spiro atoms. The number of nitrogens with one attached hydrogen (secondary N) is 1. The van der Waals surface area contributed by atoms with E-state index in [0.29, 0.717) is 5.92 Å². The molecule has 1 fully saturated rings. The smallest absolute Gasteiger partial charge is 0.223 e. The van der Waals surface area contributed by atoms with E-state index < -0.39 is 0 Å². The van der Waals surface area contributed by atoms with Crippen LogP contribution in [0.5, 0.6) is 0 Å². The maximum absolute atomic E-state index is 11.4. The summed E-state index contributed by atoms with van der Waals surface area (Å²) in [5.74, 6) is 0.586. The van der Waals surface area contributed by atoms with Crippen molar-refractivity contribution in [2.24, 2.45) is 5.92 Å². The van der Waals surface area contributed by atoms with Crippen molar-refractivity contribution in [3.8, 4) is 0 Å². The average molecular weight is 246 g/mol. The largest absolute Gasteiger partial charge is 0.375 e. The minimum absolute atomic E-state index is 0.256. The number of carbonyl (C=O) groups is 1. The maximum atomic E-state index is 11.4. The van der Waals surface area contributed by atoms with Gasteiger partial charge in [0, 0.05) is 31.7 Å². The summed E-state index contributed by atoms with van der Waals surface area (Å²) in [4.78, 5) is 13.7. The van der Waals surface area contributed by atoms with Crippen LogP contribution in [0.3, 0.4) is 0 Å². The van der Waals surface area contributed by atoms with Crippen LogP contribution in [0.4, 0.5) is 5.69 Å². The summed E-state index contributed by atoms with van der Waals surface area (Å²) < 4.78 is 0. The van der Waals surface area contributed by atoms with Gasteiger partial charge in [-0.3, -0.25) is 4.79 Å². The topological polar surface area (TPSA) is 32.3 Å². The second kappa shape index (κ2) is 6.43. The summed E-state index contributed by atoms with van der Waals surface area (Å²) in [5.41, 5.74) is 1.25. The number of rotatable bonds is 7. The molecule has 1 aliphatic carbocycles. The Morgan fingerprint density at radius 2 is 2.00 bits per heavy atom. The van der Waals surface area contributed by atoms with E-state index in [1.807, 2.05) is 6.07 Å². The van der Waals surface area contributed by atoms with Gasteiger partial charge >= 0.3 is 0 Å². The molecule has 0 radical (unpaired) electrons. The number of carbonyl (C=O) groups excluding carboxylic acids is 1. The monoisotopic (exact) mass is 246 g/mol. The standard InChI is InChI=1S/C15H22N2O/c1-17(14-7-3-2-4-8-14)12-6-5-11-16-15(18)13-9-10-13/h2-4,7-8,13H,5-6,9-12H2,1H3,(H,16,18). The summed E-state index contributed by atoms with van der Waals surface area (Å²) in [6.45, 7) is 1.85. The number of unbranched alkanes of at least 4 members (excludes halogenated alkanes) is 1. The second-order valence-corrected chi connectivity index (χ2v) is 5.03. The lowest BCUT2D eigenvalue weighted by Gasteiger charge is -2.19. The van der Waals surface area contributed by atoms with Gasteiger partial charge in [0.25, 0.3) is 0 Å². The molecule has 0 saturated heterocycles. The zero-order valence-corrected chi connectivity index (χ0v) is 11.1. The second-order valence-electron chi connectivity index (χ2n) is 5.03. The number of para-hydroxylation sites is 1. The van der Waals surface area contributed by atoms with Crippen LogP contribution in [-0.2, 0) is 4.79 Å². The normalized spacial score (nSPS) is 14.3. The average Bonchev–Trinajstić information content (AvgIpc) is 3.23. The molecule has 1 aromatic carbocycles. The molecular weight excluding hydrogens is 224 g/mol. The molecule has 0 heterocycles. The molecule has 3 nitrogen and oxygen atoms in total. The molecule has 0 unspecified atom stereocenters. The van der Waals surface area contributed by atoms with Crippen LogP contribution < -0.4 is 10.2 Å². The Morgan fingerprint density at radius 1 is 1.28 bits per heavy atom. The molecule has 1 amide bonds. The summed E-state index contributed by atoms with van der Waals surface area (Å²) in [6.07, 6.45) is 4.33. The number of hydrogen-bond acceptors (Lipinski definition) is 2. The maximum Gasteiger partial charge on any atom is 0.223 e. The Morgan fingerprint density at radius 3 is 2.67 bits per heavy atom. The third-order valence-corrected chi connectivity index (χ3v) is 3.36. The van der Waals surface area contributed by atoms with Gasteiger partial charge in [-0.15, -0.1) is 0 Å². The van der Waals surface area contributed by atoms with Crippen molar-refractivity contribution in [1.29, 1.82) is 0 Å². The number of benzene rings is 1. The highest BCUT2D eigenvalue weighted by atomic mass is 16.2. The Labute approximate surface area is 109 Å². The third-order valence-electron chi connectivity index (χ3n) is 3.36. The highest BCUT2D eigenvalue weighted by Crippen LogP contribution is 2.28. The van der Waals surface area contributed by atoms with Gasteiger partial charge in [0.1, 0.15) is 0 Å². The van der Waals surface area contributed by atoms with Gasteiger partial charge in [-0.1, -0.05) is 18.2 Å².